The molecule has 3 heterocycles. The fraction of sp³-hybridized carbons (Fsp3) is 0.222. The van der Waals surface area contributed by atoms with Gasteiger partial charge in [-0.05, 0) is 25.5 Å². The van der Waals surface area contributed by atoms with Gasteiger partial charge in [0.1, 0.15) is 12.9 Å². The van der Waals surface area contributed by atoms with Gasteiger partial charge in [-0.15, -0.1) is 0 Å². The van der Waals surface area contributed by atoms with Crippen LogP contribution >= 0.6 is 0 Å². The third-order valence-corrected chi connectivity index (χ3v) is 4.35. The van der Waals surface area contributed by atoms with Gasteiger partial charge in [0.2, 0.25) is 5.69 Å². The van der Waals surface area contributed by atoms with Crippen LogP contribution in [-0.4, -0.2) is 9.55 Å². The van der Waals surface area contributed by atoms with Gasteiger partial charge in [-0.1, -0.05) is 17.7 Å². The highest BCUT2D eigenvalue weighted by atomic mass is 15.1. The molecule has 1 aliphatic heterocycles. The molecule has 1 aromatic carbocycles. The summed E-state index contributed by atoms with van der Waals surface area (Å²) in [5.74, 6) is 1.13. The summed E-state index contributed by atoms with van der Waals surface area (Å²) in [6, 6.07) is 8.86. The normalized spacial score (nSPS) is 12.3. The molecule has 0 fully saturated rings. The Morgan fingerprint density at radius 1 is 1.19 bits per heavy atom. The molecule has 0 unspecified atom stereocenters. The van der Waals surface area contributed by atoms with Crippen LogP contribution in [0.5, 0.6) is 0 Å². The number of pyridine rings is 1. The van der Waals surface area contributed by atoms with E-state index >= 15 is 0 Å². The molecule has 1 aliphatic rings. The maximum Gasteiger partial charge on any atom is 0.218 e. The lowest BCUT2D eigenvalue weighted by molar-refractivity contribution is -0.660. The van der Waals surface area contributed by atoms with Crippen LogP contribution in [0.15, 0.2) is 42.9 Å². The molecule has 3 aromatic rings. The first kappa shape index (κ1) is 12.3. The van der Waals surface area contributed by atoms with Gasteiger partial charge in [-0.2, -0.15) is 0 Å². The Labute approximate surface area is 124 Å². The van der Waals surface area contributed by atoms with E-state index in [1.165, 1.54) is 33.6 Å². The maximum absolute atomic E-state index is 4.47. The number of hydrogen-bond acceptors (Lipinski definition) is 1. The highest BCUT2D eigenvalue weighted by Crippen LogP contribution is 2.33. The molecular weight excluding hydrogens is 258 g/mol. The molecule has 0 N–H and O–H groups in total. The van der Waals surface area contributed by atoms with Crippen molar-refractivity contribution < 1.29 is 4.57 Å². The molecule has 0 aliphatic carbocycles. The number of fused-ring (bicyclic) bond motifs is 3. The number of nitrogens with zero attached hydrogens (tertiary/aromatic N) is 3. The lowest BCUT2D eigenvalue weighted by atomic mass is 9.97. The Morgan fingerprint density at radius 3 is 2.86 bits per heavy atom. The molecule has 0 amide bonds. The maximum atomic E-state index is 4.47. The van der Waals surface area contributed by atoms with Gasteiger partial charge >= 0.3 is 0 Å². The van der Waals surface area contributed by atoms with E-state index in [0.29, 0.717) is 0 Å². The standard InChI is InChI=1S/C18H18N3/c1-12-4-5-14(13(2)10-12)18-15-11-17-19-7-9-21(17)16(15)6-8-20(18)3/h4-10H,11H2,1-3H3/q+1. The van der Waals surface area contributed by atoms with Gasteiger partial charge in [-0.25, -0.2) is 9.55 Å². The fourth-order valence-corrected chi connectivity index (χ4v) is 3.37. The molecule has 0 atom stereocenters. The largest absolute Gasteiger partial charge is 0.303 e. The highest BCUT2D eigenvalue weighted by Gasteiger charge is 2.28. The van der Waals surface area contributed by atoms with Crippen LogP contribution in [0.25, 0.3) is 16.9 Å². The molecule has 0 saturated carbocycles. The Morgan fingerprint density at radius 2 is 2.05 bits per heavy atom. The number of aromatic nitrogens is 3. The SMILES string of the molecule is Cc1ccc(-c2c3c(cc[n+]2C)-n2ccnc2C3)c(C)c1. The van der Waals surface area contributed by atoms with E-state index in [4.69, 9.17) is 0 Å². The average Bonchev–Trinajstić information content (AvgIpc) is 3.00. The number of hydrogen-bond donors (Lipinski definition) is 0. The highest BCUT2D eigenvalue weighted by molar-refractivity contribution is 5.70. The molecule has 0 spiro atoms. The first-order valence-electron chi connectivity index (χ1n) is 7.27. The van der Waals surface area contributed by atoms with E-state index in [2.05, 4.69) is 65.5 Å². The van der Waals surface area contributed by atoms with Crippen molar-refractivity contribution in [3.05, 3.63) is 65.4 Å². The van der Waals surface area contributed by atoms with Crippen LogP contribution in [0.4, 0.5) is 0 Å². The van der Waals surface area contributed by atoms with Crippen LogP contribution in [-0.2, 0) is 13.5 Å². The lowest BCUT2D eigenvalue weighted by Gasteiger charge is -2.10. The van der Waals surface area contributed by atoms with Crippen molar-refractivity contribution >= 4 is 0 Å². The second-order valence-electron chi connectivity index (χ2n) is 5.85. The van der Waals surface area contributed by atoms with E-state index in [1.54, 1.807) is 0 Å². The first-order valence-corrected chi connectivity index (χ1v) is 7.27. The van der Waals surface area contributed by atoms with Crippen molar-refractivity contribution in [3.8, 4) is 16.9 Å². The number of benzene rings is 1. The van der Waals surface area contributed by atoms with Crippen LogP contribution < -0.4 is 4.57 Å². The zero-order chi connectivity index (χ0) is 14.6. The van der Waals surface area contributed by atoms with Crippen molar-refractivity contribution in [2.24, 2.45) is 7.05 Å². The minimum Gasteiger partial charge on any atom is -0.303 e. The molecule has 3 nitrogen and oxygen atoms in total. The van der Waals surface area contributed by atoms with E-state index < -0.39 is 0 Å². The first-order chi connectivity index (χ1) is 10.1. The third-order valence-electron chi connectivity index (χ3n) is 4.35. The molecule has 3 heteroatoms. The summed E-state index contributed by atoms with van der Waals surface area (Å²) in [6.07, 6.45) is 6.97. The Balaban J connectivity index is 1.99. The molecule has 0 bridgehead atoms. The average molecular weight is 276 g/mol. The van der Waals surface area contributed by atoms with Gasteiger partial charge in [0, 0.05) is 30.4 Å². The smallest absolute Gasteiger partial charge is 0.218 e. The van der Waals surface area contributed by atoms with Crippen LogP contribution in [0.3, 0.4) is 0 Å². The number of aryl methyl sites for hydroxylation is 3. The predicted octanol–water partition coefficient (Wildman–Crippen LogP) is 2.88. The van der Waals surface area contributed by atoms with Crippen molar-refractivity contribution in [1.29, 1.82) is 0 Å². The monoisotopic (exact) mass is 276 g/mol. The molecule has 21 heavy (non-hydrogen) atoms. The van der Waals surface area contributed by atoms with Crippen LogP contribution in [0, 0.1) is 13.8 Å². The summed E-state index contributed by atoms with van der Waals surface area (Å²) in [5.41, 5.74) is 7.87. The second-order valence-corrected chi connectivity index (χ2v) is 5.85. The van der Waals surface area contributed by atoms with Gasteiger partial charge < -0.3 is 4.57 Å². The van der Waals surface area contributed by atoms with E-state index in [-0.39, 0.29) is 0 Å². The predicted molar refractivity (Wildman–Crippen MR) is 82.5 cm³/mol. The summed E-state index contributed by atoms with van der Waals surface area (Å²) in [6.45, 7) is 4.33. The molecule has 2 aromatic heterocycles. The Bertz CT molecular complexity index is 859. The lowest BCUT2D eigenvalue weighted by Crippen LogP contribution is -2.32. The van der Waals surface area contributed by atoms with E-state index in [9.17, 15) is 0 Å². The third kappa shape index (κ3) is 1.74. The molecule has 4 rings (SSSR count). The zero-order valence-corrected chi connectivity index (χ0v) is 12.6. The quantitative estimate of drug-likeness (QED) is 0.490. The number of imidazole rings is 1. The van der Waals surface area contributed by atoms with Gasteiger partial charge in [-0.3, -0.25) is 0 Å². The van der Waals surface area contributed by atoms with Crippen molar-refractivity contribution in [2.45, 2.75) is 20.3 Å². The summed E-state index contributed by atoms with van der Waals surface area (Å²) in [7, 11) is 2.12. The summed E-state index contributed by atoms with van der Waals surface area (Å²) in [4.78, 5) is 4.47. The minimum absolute atomic E-state index is 0.902. The van der Waals surface area contributed by atoms with Crippen LogP contribution in [0.2, 0.25) is 0 Å². The Hall–Kier alpha value is -2.42. The van der Waals surface area contributed by atoms with Gasteiger partial charge in [0.15, 0.2) is 6.20 Å². The molecular formula is C18H18N3+. The number of rotatable bonds is 1. The topological polar surface area (TPSA) is 21.7 Å². The fourth-order valence-electron chi connectivity index (χ4n) is 3.37. The summed E-state index contributed by atoms with van der Waals surface area (Å²) in [5, 5.41) is 0. The van der Waals surface area contributed by atoms with Crippen LogP contribution in [0.1, 0.15) is 22.5 Å². The van der Waals surface area contributed by atoms with Gasteiger partial charge in [0.25, 0.3) is 0 Å². The minimum atomic E-state index is 0.902. The van der Waals surface area contributed by atoms with Crippen molar-refractivity contribution in [2.75, 3.05) is 0 Å². The van der Waals surface area contributed by atoms with E-state index in [0.717, 1.165) is 12.2 Å². The Kier molecular flexibility index (Phi) is 2.52. The van der Waals surface area contributed by atoms with Crippen molar-refractivity contribution in [1.82, 2.24) is 9.55 Å². The zero-order valence-electron chi connectivity index (χ0n) is 12.6. The molecule has 104 valence electrons. The summed E-state index contributed by atoms with van der Waals surface area (Å²) >= 11 is 0. The molecule has 0 saturated heterocycles. The van der Waals surface area contributed by atoms with E-state index in [1.807, 2.05) is 12.4 Å². The summed E-state index contributed by atoms with van der Waals surface area (Å²) < 4.78 is 4.42. The van der Waals surface area contributed by atoms with Gasteiger partial charge in [0.05, 0.1) is 11.3 Å². The van der Waals surface area contributed by atoms with Crippen molar-refractivity contribution in [3.63, 3.8) is 0 Å². The molecule has 0 radical (unpaired) electrons. The second kappa shape index (κ2) is 4.29.